The van der Waals surface area contributed by atoms with Gasteiger partial charge in [0.1, 0.15) is 0 Å². The maximum Gasteiger partial charge on any atom is 0.0595 e. The molecular formula is C10H9ClS. The minimum atomic E-state index is 0.806. The van der Waals surface area contributed by atoms with E-state index < -0.39 is 0 Å². The summed E-state index contributed by atoms with van der Waals surface area (Å²) in [6, 6.07) is 7.80. The lowest BCUT2D eigenvalue weighted by Crippen LogP contribution is -1.75. The van der Waals surface area contributed by atoms with Gasteiger partial charge in [0, 0.05) is 4.90 Å². The second kappa shape index (κ2) is 5.13. The molecule has 12 heavy (non-hydrogen) atoms. The molecule has 62 valence electrons. The summed E-state index contributed by atoms with van der Waals surface area (Å²) in [7, 11) is 0. The molecule has 0 saturated carbocycles. The van der Waals surface area contributed by atoms with Gasteiger partial charge in [0.2, 0.25) is 0 Å². The number of thioether (sulfide) groups is 1. The van der Waals surface area contributed by atoms with Crippen LogP contribution in [-0.2, 0) is 0 Å². The zero-order valence-electron chi connectivity index (χ0n) is 6.80. The Hall–Kier alpha value is -0.580. The van der Waals surface area contributed by atoms with Gasteiger partial charge >= 0.3 is 0 Å². The highest BCUT2D eigenvalue weighted by molar-refractivity contribution is 7.99. The molecule has 0 atom stereocenters. The first kappa shape index (κ1) is 9.51. The average Bonchev–Trinajstić information content (AvgIpc) is 2.09. The first-order chi connectivity index (χ1) is 5.84. The summed E-state index contributed by atoms with van der Waals surface area (Å²) in [6.45, 7) is 1.84. The van der Waals surface area contributed by atoms with Crippen molar-refractivity contribution in [2.24, 2.45) is 0 Å². The van der Waals surface area contributed by atoms with Crippen molar-refractivity contribution in [2.45, 2.75) is 11.8 Å². The fourth-order valence-corrected chi connectivity index (χ4v) is 1.80. The molecular weight excluding hydrogens is 188 g/mol. The van der Waals surface area contributed by atoms with Crippen molar-refractivity contribution >= 4 is 23.4 Å². The highest BCUT2D eigenvalue weighted by Gasteiger charge is 1.96. The van der Waals surface area contributed by atoms with Crippen LogP contribution in [0.25, 0.3) is 0 Å². The van der Waals surface area contributed by atoms with E-state index in [1.54, 1.807) is 11.8 Å². The van der Waals surface area contributed by atoms with Crippen LogP contribution in [0, 0.1) is 11.8 Å². The average molecular weight is 197 g/mol. The molecule has 0 aliphatic heterocycles. The van der Waals surface area contributed by atoms with Gasteiger partial charge in [0.25, 0.3) is 0 Å². The largest absolute Gasteiger partial charge is 0.111 e. The Kier molecular flexibility index (Phi) is 4.07. The lowest BCUT2D eigenvalue weighted by atomic mass is 10.4. The SMILES string of the molecule is CC#CCSc1ccccc1Cl. The zero-order valence-corrected chi connectivity index (χ0v) is 8.38. The van der Waals surface area contributed by atoms with E-state index in [0.29, 0.717) is 0 Å². The minimum absolute atomic E-state index is 0.806. The van der Waals surface area contributed by atoms with Crippen LogP contribution in [0.1, 0.15) is 6.92 Å². The van der Waals surface area contributed by atoms with Gasteiger partial charge < -0.3 is 0 Å². The van der Waals surface area contributed by atoms with Gasteiger partial charge in [-0.15, -0.1) is 17.7 Å². The quantitative estimate of drug-likeness (QED) is 0.516. The molecule has 0 fully saturated rings. The Balaban J connectivity index is 2.61. The number of hydrogen-bond donors (Lipinski definition) is 0. The third kappa shape index (κ3) is 2.81. The van der Waals surface area contributed by atoms with Crippen LogP contribution in [0.2, 0.25) is 5.02 Å². The highest BCUT2D eigenvalue weighted by atomic mass is 35.5. The van der Waals surface area contributed by atoms with E-state index in [2.05, 4.69) is 11.8 Å². The van der Waals surface area contributed by atoms with Crippen LogP contribution < -0.4 is 0 Å². The van der Waals surface area contributed by atoms with Gasteiger partial charge in [-0.25, -0.2) is 0 Å². The molecule has 0 aromatic heterocycles. The first-order valence-corrected chi connectivity index (χ1v) is 4.98. The molecule has 0 heterocycles. The molecule has 0 radical (unpaired) electrons. The van der Waals surface area contributed by atoms with Crippen molar-refractivity contribution < 1.29 is 0 Å². The van der Waals surface area contributed by atoms with E-state index in [1.165, 1.54) is 0 Å². The number of hydrogen-bond acceptors (Lipinski definition) is 1. The van der Waals surface area contributed by atoms with E-state index in [1.807, 2.05) is 31.2 Å². The molecule has 0 aliphatic rings. The van der Waals surface area contributed by atoms with Crippen LogP contribution in [0.4, 0.5) is 0 Å². The van der Waals surface area contributed by atoms with Gasteiger partial charge in [0.15, 0.2) is 0 Å². The maximum atomic E-state index is 5.93. The Bertz CT molecular complexity index is 309. The van der Waals surface area contributed by atoms with Gasteiger partial charge in [0.05, 0.1) is 10.8 Å². The van der Waals surface area contributed by atoms with Crippen LogP contribution >= 0.6 is 23.4 Å². The van der Waals surface area contributed by atoms with Crippen molar-refractivity contribution in [1.29, 1.82) is 0 Å². The number of benzene rings is 1. The highest BCUT2D eigenvalue weighted by Crippen LogP contribution is 2.25. The summed E-state index contributed by atoms with van der Waals surface area (Å²) in [5.41, 5.74) is 0. The minimum Gasteiger partial charge on any atom is -0.111 e. The third-order valence-corrected chi connectivity index (χ3v) is 2.71. The van der Waals surface area contributed by atoms with Gasteiger partial charge in [-0.3, -0.25) is 0 Å². The molecule has 1 aromatic carbocycles. The molecule has 0 N–H and O–H groups in total. The molecule has 1 aromatic rings. The van der Waals surface area contributed by atoms with Crippen molar-refractivity contribution in [2.75, 3.05) is 5.75 Å². The summed E-state index contributed by atoms with van der Waals surface area (Å²) in [5, 5.41) is 0.806. The van der Waals surface area contributed by atoms with Gasteiger partial charge in [-0.05, 0) is 19.1 Å². The second-order valence-electron chi connectivity index (χ2n) is 2.15. The molecule has 0 spiro atoms. The van der Waals surface area contributed by atoms with Crippen molar-refractivity contribution in [3.8, 4) is 11.8 Å². The smallest absolute Gasteiger partial charge is 0.0595 e. The summed E-state index contributed by atoms with van der Waals surface area (Å²) in [6.07, 6.45) is 0. The van der Waals surface area contributed by atoms with E-state index in [0.717, 1.165) is 15.7 Å². The summed E-state index contributed by atoms with van der Waals surface area (Å²) in [5.74, 6) is 6.63. The second-order valence-corrected chi connectivity index (χ2v) is 3.57. The summed E-state index contributed by atoms with van der Waals surface area (Å²) < 4.78 is 0. The van der Waals surface area contributed by atoms with E-state index >= 15 is 0 Å². The molecule has 2 heteroatoms. The molecule has 0 unspecified atom stereocenters. The van der Waals surface area contributed by atoms with E-state index in [9.17, 15) is 0 Å². The lowest BCUT2D eigenvalue weighted by Gasteiger charge is -1.98. The van der Waals surface area contributed by atoms with Crippen LogP contribution in [0.3, 0.4) is 0 Å². The van der Waals surface area contributed by atoms with Crippen LogP contribution in [-0.4, -0.2) is 5.75 Å². The van der Waals surface area contributed by atoms with Crippen LogP contribution in [0.15, 0.2) is 29.2 Å². The number of rotatable bonds is 2. The topological polar surface area (TPSA) is 0 Å². The van der Waals surface area contributed by atoms with Gasteiger partial charge in [-0.2, -0.15) is 0 Å². The zero-order chi connectivity index (χ0) is 8.81. The first-order valence-electron chi connectivity index (χ1n) is 3.61. The Morgan fingerprint density at radius 3 is 2.83 bits per heavy atom. The predicted molar refractivity (Wildman–Crippen MR) is 55.6 cm³/mol. The van der Waals surface area contributed by atoms with Gasteiger partial charge in [-0.1, -0.05) is 29.7 Å². The molecule has 0 amide bonds. The standard InChI is InChI=1S/C10H9ClS/c1-2-3-8-12-10-7-5-4-6-9(10)11/h4-7H,8H2,1H3. The van der Waals surface area contributed by atoms with Crippen LogP contribution in [0.5, 0.6) is 0 Å². The fraction of sp³-hybridized carbons (Fsp3) is 0.200. The lowest BCUT2D eigenvalue weighted by molar-refractivity contribution is 1.46. The third-order valence-electron chi connectivity index (χ3n) is 1.31. The van der Waals surface area contributed by atoms with Crippen molar-refractivity contribution in [3.05, 3.63) is 29.3 Å². The molecule has 0 nitrogen and oxygen atoms in total. The summed E-state index contributed by atoms with van der Waals surface area (Å²) >= 11 is 7.60. The fourth-order valence-electron chi connectivity index (χ4n) is 0.748. The molecule has 0 saturated heterocycles. The normalized spacial score (nSPS) is 8.83. The summed E-state index contributed by atoms with van der Waals surface area (Å²) in [4.78, 5) is 1.10. The van der Waals surface area contributed by atoms with E-state index in [4.69, 9.17) is 11.6 Å². The Morgan fingerprint density at radius 1 is 1.42 bits per heavy atom. The monoisotopic (exact) mass is 196 g/mol. The Labute approximate surface area is 82.3 Å². The Morgan fingerprint density at radius 2 is 2.17 bits per heavy atom. The van der Waals surface area contributed by atoms with E-state index in [-0.39, 0.29) is 0 Å². The predicted octanol–water partition coefficient (Wildman–Crippen LogP) is 3.46. The number of halogens is 1. The van der Waals surface area contributed by atoms with Crippen molar-refractivity contribution in [1.82, 2.24) is 0 Å². The molecule has 1 rings (SSSR count). The molecule has 0 bridgehead atoms. The van der Waals surface area contributed by atoms with Crippen molar-refractivity contribution in [3.63, 3.8) is 0 Å². The maximum absolute atomic E-state index is 5.93. The molecule has 0 aliphatic carbocycles.